The van der Waals surface area contributed by atoms with Gasteiger partial charge in [0, 0.05) is 43.0 Å². The van der Waals surface area contributed by atoms with E-state index >= 15 is 0 Å². The molecule has 0 unspecified atom stereocenters. The third-order valence-electron chi connectivity index (χ3n) is 4.13. The van der Waals surface area contributed by atoms with E-state index in [4.69, 9.17) is 11.6 Å². The molecule has 136 valence electrons. The molecule has 1 fully saturated rings. The van der Waals surface area contributed by atoms with E-state index in [2.05, 4.69) is 20.7 Å². The first-order valence-corrected chi connectivity index (χ1v) is 8.73. The van der Waals surface area contributed by atoms with Gasteiger partial charge in [-0.05, 0) is 36.4 Å². The van der Waals surface area contributed by atoms with E-state index in [1.807, 2.05) is 23.1 Å². The smallest absolute Gasteiger partial charge is 0.269 e. The van der Waals surface area contributed by atoms with Crippen LogP contribution in [0.3, 0.4) is 0 Å². The highest BCUT2D eigenvalue weighted by Gasteiger charge is 2.19. The monoisotopic (exact) mass is 373 g/mol. The minimum atomic E-state index is -0.380. The summed E-state index contributed by atoms with van der Waals surface area (Å²) in [6.07, 6.45) is 1.78. The summed E-state index contributed by atoms with van der Waals surface area (Å²) in [5.74, 6) is 0.320. The summed E-state index contributed by atoms with van der Waals surface area (Å²) in [6.45, 7) is 3.37. The van der Waals surface area contributed by atoms with Crippen molar-refractivity contribution in [1.29, 1.82) is 0 Å². The summed E-state index contributed by atoms with van der Waals surface area (Å²) in [4.78, 5) is 32.6. The number of amides is 2. The maximum Gasteiger partial charge on any atom is 0.269 e. The van der Waals surface area contributed by atoms with Crippen LogP contribution in [0, 0.1) is 0 Å². The summed E-state index contributed by atoms with van der Waals surface area (Å²) < 4.78 is 0. The van der Waals surface area contributed by atoms with Gasteiger partial charge in [0.1, 0.15) is 5.82 Å². The number of nitrogens with zero attached hydrogens (tertiary/aromatic N) is 3. The second-order valence-corrected chi connectivity index (χ2v) is 6.40. The first kappa shape index (κ1) is 18.2. The molecule has 2 amide bonds. The van der Waals surface area contributed by atoms with Crippen molar-refractivity contribution < 1.29 is 9.59 Å². The Hall–Kier alpha value is -2.64. The quantitative estimate of drug-likeness (QED) is 0.790. The molecule has 2 N–H and O–H groups in total. The van der Waals surface area contributed by atoms with Gasteiger partial charge in [-0.1, -0.05) is 17.7 Å². The number of hydrogen-bond acceptors (Lipinski definition) is 5. The predicted octanol–water partition coefficient (Wildman–Crippen LogP) is 1.32. The molecule has 1 aliphatic rings. The van der Waals surface area contributed by atoms with Gasteiger partial charge in [-0.2, -0.15) is 0 Å². The first-order valence-electron chi connectivity index (χ1n) is 8.35. The molecule has 3 rings (SSSR count). The summed E-state index contributed by atoms with van der Waals surface area (Å²) in [5.41, 5.74) is 5.29. The zero-order valence-electron chi connectivity index (χ0n) is 14.2. The molecule has 0 saturated carbocycles. The average molecular weight is 374 g/mol. The number of pyridine rings is 1. The van der Waals surface area contributed by atoms with Crippen LogP contribution in [0.2, 0.25) is 5.02 Å². The van der Waals surface area contributed by atoms with Crippen molar-refractivity contribution in [3.63, 3.8) is 0 Å². The van der Waals surface area contributed by atoms with E-state index in [0.717, 1.165) is 32.0 Å². The van der Waals surface area contributed by atoms with Crippen molar-refractivity contribution in [2.75, 3.05) is 37.6 Å². The van der Waals surface area contributed by atoms with Gasteiger partial charge in [0.2, 0.25) is 0 Å². The van der Waals surface area contributed by atoms with Crippen molar-refractivity contribution in [3.05, 3.63) is 59.2 Å². The second kappa shape index (κ2) is 8.64. The number of anilines is 1. The highest BCUT2D eigenvalue weighted by molar-refractivity contribution is 6.30. The maximum atomic E-state index is 12.0. The SMILES string of the molecule is O=C(CN1CCN(c2ccccn2)CC1)NNC(=O)c1ccc(Cl)cc1. The predicted molar refractivity (Wildman–Crippen MR) is 100.0 cm³/mol. The van der Waals surface area contributed by atoms with Crippen LogP contribution in [0.5, 0.6) is 0 Å². The Labute approximate surface area is 156 Å². The third-order valence-corrected chi connectivity index (χ3v) is 4.39. The summed E-state index contributed by atoms with van der Waals surface area (Å²) in [5, 5.41) is 0.551. The van der Waals surface area contributed by atoms with Gasteiger partial charge in [0.05, 0.1) is 6.54 Å². The number of rotatable bonds is 4. The number of aromatic nitrogens is 1. The molecule has 1 aromatic heterocycles. The zero-order valence-corrected chi connectivity index (χ0v) is 14.9. The molecule has 7 nitrogen and oxygen atoms in total. The van der Waals surface area contributed by atoms with Gasteiger partial charge in [-0.15, -0.1) is 0 Å². The largest absolute Gasteiger partial charge is 0.354 e. The van der Waals surface area contributed by atoms with Gasteiger partial charge < -0.3 is 4.90 Å². The number of benzene rings is 1. The molecule has 1 saturated heterocycles. The molecule has 0 bridgehead atoms. The number of halogens is 1. The summed E-state index contributed by atoms with van der Waals surface area (Å²) >= 11 is 5.79. The van der Waals surface area contributed by atoms with Crippen LogP contribution in [0.15, 0.2) is 48.7 Å². The zero-order chi connectivity index (χ0) is 18.4. The van der Waals surface area contributed by atoms with Crippen molar-refractivity contribution in [3.8, 4) is 0 Å². The first-order chi connectivity index (χ1) is 12.6. The Morgan fingerprint density at radius 2 is 1.73 bits per heavy atom. The van der Waals surface area contributed by atoms with Crippen LogP contribution in [0.4, 0.5) is 5.82 Å². The molecular weight excluding hydrogens is 354 g/mol. The molecule has 0 atom stereocenters. The van der Waals surface area contributed by atoms with Gasteiger partial charge in [-0.3, -0.25) is 25.3 Å². The maximum absolute atomic E-state index is 12.0. The fourth-order valence-corrected chi connectivity index (χ4v) is 2.84. The summed E-state index contributed by atoms with van der Waals surface area (Å²) in [6, 6.07) is 12.3. The molecule has 2 heterocycles. The number of hydrazine groups is 1. The molecule has 2 aromatic rings. The molecule has 26 heavy (non-hydrogen) atoms. The van der Waals surface area contributed by atoms with Gasteiger partial charge >= 0.3 is 0 Å². The van der Waals surface area contributed by atoms with Gasteiger partial charge in [0.25, 0.3) is 11.8 Å². The minimum absolute atomic E-state index is 0.233. The number of carbonyl (C=O) groups is 2. The Balaban J connectivity index is 1.40. The summed E-state index contributed by atoms with van der Waals surface area (Å²) in [7, 11) is 0. The third kappa shape index (κ3) is 4.93. The molecule has 0 spiro atoms. The number of carbonyl (C=O) groups excluding carboxylic acids is 2. The number of piperazine rings is 1. The highest BCUT2D eigenvalue weighted by Crippen LogP contribution is 2.12. The lowest BCUT2D eigenvalue weighted by molar-refractivity contribution is -0.123. The molecule has 1 aromatic carbocycles. The molecule has 0 radical (unpaired) electrons. The second-order valence-electron chi connectivity index (χ2n) is 5.96. The lowest BCUT2D eigenvalue weighted by atomic mass is 10.2. The van der Waals surface area contributed by atoms with Gasteiger partial charge in [0.15, 0.2) is 0 Å². The Bertz CT molecular complexity index is 746. The van der Waals surface area contributed by atoms with E-state index in [1.54, 1.807) is 30.5 Å². The van der Waals surface area contributed by atoms with Crippen LogP contribution in [0.1, 0.15) is 10.4 Å². The molecule has 8 heteroatoms. The number of hydrogen-bond donors (Lipinski definition) is 2. The number of nitrogens with one attached hydrogen (secondary N) is 2. The minimum Gasteiger partial charge on any atom is -0.354 e. The van der Waals surface area contributed by atoms with E-state index < -0.39 is 0 Å². The molecule has 1 aliphatic heterocycles. The van der Waals surface area contributed by atoms with E-state index in [1.165, 1.54) is 0 Å². The van der Waals surface area contributed by atoms with E-state index in [9.17, 15) is 9.59 Å². The van der Waals surface area contributed by atoms with Crippen LogP contribution in [0.25, 0.3) is 0 Å². The normalized spacial score (nSPS) is 14.7. The standard InChI is InChI=1S/C18H20ClN5O2/c19-15-6-4-14(5-7-15)18(26)22-21-17(25)13-23-9-11-24(12-10-23)16-3-1-2-8-20-16/h1-8H,9-13H2,(H,21,25)(H,22,26). The van der Waals surface area contributed by atoms with Crippen molar-refractivity contribution in [1.82, 2.24) is 20.7 Å². The van der Waals surface area contributed by atoms with Crippen molar-refractivity contribution in [2.24, 2.45) is 0 Å². The lowest BCUT2D eigenvalue weighted by Crippen LogP contribution is -2.52. The topological polar surface area (TPSA) is 77.6 Å². The fourth-order valence-electron chi connectivity index (χ4n) is 2.72. The fraction of sp³-hybridized carbons (Fsp3) is 0.278. The molecular formula is C18H20ClN5O2. The average Bonchev–Trinajstić information content (AvgIpc) is 2.68. The van der Waals surface area contributed by atoms with Crippen LogP contribution >= 0.6 is 11.6 Å². The highest BCUT2D eigenvalue weighted by atomic mass is 35.5. The van der Waals surface area contributed by atoms with Crippen LogP contribution in [-0.2, 0) is 4.79 Å². The Kier molecular flexibility index (Phi) is 6.04. The van der Waals surface area contributed by atoms with Crippen molar-refractivity contribution >= 4 is 29.2 Å². The van der Waals surface area contributed by atoms with Crippen LogP contribution < -0.4 is 15.8 Å². The van der Waals surface area contributed by atoms with Crippen molar-refractivity contribution in [2.45, 2.75) is 0 Å². The molecule has 0 aliphatic carbocycles. The Morgan fingerprint density at radius 3 is 2.38 bits per heavy atom. The van der Waals surface area contributed by atoms with E-state index in [0.29, 0.717) is 10.6 Å². The van der Waals surface area contributed by atoms with E-state index in [-0.39, 0.29) is 18.4 Å². The Morgan fingerprint density at radius 1 is 1.00 bits per heavy atom. The lowest BCUT2D eigenvalue weighted by Gasteiger charge is -2.34. The van der Waals surface area contributed by atoms with Crippen LogP contribution in [-0.4, -0.2) is 54.4 Å². The van der Waals surface area contributed by atoms with Gasteiger partial charge in [-0.25, -0.2) is 4.98 Å².